The molecule has 7 heteroatoms. The summed E-state index contributed by atoms with van der Waals surface area (Å²) in [5.41, 5.74) is 0.813. The molecule has 0 saturated heterocycles. The maximum absolute atomic E-state index is 12.5. The first-order valence-corrected chi connectivity index (χ1v) is 6.24. The fourth-order valence-corrected chi connectivity index (χ4v) is 1.77. The zero-order chi connectivity index (χ0) is 15.3. The number of hydrogen-bond acceptors (Lipinski definition) is 3. The molecule has 1 aromatic carbocycles. The summed E-state index contributed by atoms with van der Waals surface area (Å²) in [6, 6.07) is 4.70. The van der Waals surface area contributed by atoms with E-state index in [4.69, 9.17) is 9.47 Å². The van der Waals surface area contributed by atoms with Gasteiger partial charge in [0, 0.05) is 6.04 Å². The van der Waals surface area contributed by atoms with Crippen LogP contribution in [0.25, 0.3) is 0 Å². The second-order valence-electron chi connectivity index (χ2n) is 4.27. The van der Waals surface area contributed by atoms with E-state index in [1.807, 2.05) is 0 Å². The average Bonchev–Trinajstić information content (AvgIpc) is 2.37. The van der Waals surface area contributed by atoms with Crippen LogP contribution in [-0.4, -0.2) is 31.6 Å². The maximum atomic E-state index is 12.5. The molecule has 0 aromatic heterocycles. The van der Waals surface area contributed by atoms with Crippen molar-refractivity contribution in [2.24, 2.45) is 0 Å². The average molecular weight is 308 g/mol. The third kappa shape index (κ3) is 4.52. The molecule has 1 atom stereocenters. The van der Waals surface area contributed by atoms with Gasteiger partial charge in [0.2, 0.25) is 0 Å². The van der Waals surface area contributed by atoms with Crippen LogP contribution in [0.2, 0.25) is 0 Å². The molecular weight excluding hydrogens is 292 g/mol. The Bertz CT molecular complexity index is 477. The number of methoxy groups -OCH3 is 2. The molecular formula is C13H16ClF2NO3. The number of halogens is 3. The van der Waals surface area contributed by atoms with Gasteiger partial charge in [0.05, 0.1) is 14.2 Å². The van der Waals surface area contributed by atoms with Crippen LogP contribution < -0.4 is 14.8 Å². The Kier molecular flexibility index (Phi) is 5.56. The summed E-state index contributed by atoms with van der Waals surface area (Å²) in [5.74, 6) is -0.404. The van der Waals surface area contributed by atoms with Crippen LogP contribution in [0.5, 0.6) is 11.5 Å². The van der Waals surface area contributed by atoms with E-state index >= 15 is 0 Å². The Morgan fingerprint density at radius 2 is 1.95 bits per heavy atom. The molecule has 1 amide bonds. The fourth-order valence-electron chi connectivity index (χ4n) is 1.72. The lowest BCUT2D eigenvalue weighted by atomic mass is 10.1. The monoisotopic (exact) mass is 307 g/mol. The van der Waals surface area contributed by atoms with Gasteiger partial charge >= 0.3 is 11.3 Å². The van der Waals surface area contributed by atoms with Gasteiger partial charge in [0.25, 0.3) is 0 Å². The zero-order valence-corrected chi connectivity index (χ0v) is 12.1. The Labute approximate surface area is 121 Å². The Morgan fingerprint density at radius 3 is 2.45 bits per heavy atom. The van der Waals surface area contributed by atoms with Gasteiger partial charge in [-0.25, -0.2) is 0 Å². The summed E-state index contributed by atoms with van der Waals surface area (Å²) < 4.78 is 35.3. The maximum Gasteiger partial charge on any atom is 0.399 e. The quantitative estimate of drug-likeness (QED) is 0.822. The molecule has 1 rings (SSSR count). The van der Waals surface area contributed by atoms with Crippen molar-refractivity contribution < 1.29 is 23.0 Å². The van der Waals surface area contributed by atoms with E-state index in [0.29, 0.717) is 17.9 Å². The number of amides is 1. The van der Waals surface area contributed by atoms with Crippen LogP contribution >= 0.6 is 11.6 Å². The van der Waals surface area contributed by atoms with Gasteiger partial charge < -0.3 is 14.8 Å². The Balaban J connectivity index is 2.71. The van der Waals surface area contributed by atoms with Crippen LogP contribution in [0.3, 0.4) is 0 Å². The smallest absolute Gasteiger partial charge is 0.399 e. The van der Waals surface area contributed by atoms with E-state index in [0.717, 1.165) is 5.56 Å². The summed E-state index contributed by atoms with van der Waals surface area (Å²) in [7, 11) is 3.02. The van der Waals surface area contributed by atoms with Crippen molar-refractivity contribution in [3.8, 4) is 11.5 Å². The van der Waals surface area contributed by atoms with Crippen LogP contribution in [-0.2, 0) is 11.2 Å². The van der Waals surface area contributed by atoms with Gasteiger partial charge in [-0.1, -0.05) is 6.07 Å². The van der Waals surface area contributed by atoms with Gasteiger partial charge in [-0.05, 0) is 42.6 Å². The Hall–Kier alpha value is -1.56. The normalized spacial score (nSPS) is 12.7. The number of rotatable bonds is 6. The highest BCUT2D eigenvalue weighted by Gasteiger charge is 2.36. The van der Waals surface area contributed by atoms with Crippen molar-refractivity contribution in [3.63, 3.8) is 0 Å². The molecule has 0 fully saturated rings. The molecule has 0 aliphatic rings. The number of carbonyl (C=O) groups is 1. The molecule has 1 N–H and O–H groups in total. The van der Waals surface area contributed by atoms with Crippen molar-refractivity contribution in [1.29, 1.82) is 0 Å². The molecule has 112 valence electrons. The fraction of sp³-hybridized carbons (Fsp3) is 0.462. The lowest BCUT2D eigenvalue weighted by Crippen LogP contribution is -2.42. The number of ether oxygens (including phenoxy) is 2. The molecule has 0 bridgehead atoms. The van der Waals surface area contributed by atoms with E-state index in [1.54, 1.807) is 25.1 Å². The first kappa shape index (κ1) is 16.5. The summed E-state index contributed by atoms with van der Waals surface area (Å²) in [6.45, 7) is 1.61. The predicted molar refractivity (Wildman–Crippen MR) is 71.7 cm³/mol. The van der Waals surface area contributed by atoms with Gasteiger partial charge in [0.1, 0.15) is 0 Å². The first-order valence-electron chi connectivity index (χ1n) is 5.86. The molecule has 4 nitrogen and oxygen atoms in total. The predicted octanol–water partition coefficient (Wildman–Crippen LogP) is 2.58. The van der Waals surface area contributed by atoms with Crippen molar-refractivity contribution in [1.82, 2.24) is 5.32 Å². The number of carbonyl (C=O) groups excluding carboxylic acids is 1. The highest BCUT2D eigenvalue weighted by atomic mass is 35.5. The van der Waals surface area contributed by atoms with E-state index in [1.165, 1.54) is 14.2 Å². The first-order chi connectivity index (χ1) is 9.27. The number of hydrogen-bond donors (Lipinski definition) is 1. The van der Waals surface area contributed by atoms with E-state index in [2.05, 4.69) is 16.9 Å². The summed E-state index contributed by atoms with van der Waals surface area (Å²) in [6.07, 6.45) is 0.360. The standard InChI is InChI=1S/C13H16ClF2NO3/c1-8(17-12(18)13(14,15)16)6-9-4-5-10(19-2)11(7-9)20-3/h4-5,7-8H,6H2,1-3H3,(H,17,18)/t8-/m0/s1. The van der Waals surface area contributed by atoms with Gasteiger partial charge in [-0.2, -0.15) is 8.78 Å². The van der Waals surface area contributed by atoms with E-state index in [-0.39, 0.29) is 0 Å². The highest BCUT2D eigenvalue weighted by molar-refractivity contribution is 6.32. The SMILES string of the molecule is COc1ccc(C[C@H](C)NC(=O)C(F)(F)Cl)cc1OC. The van der Waals surface area contributed by atoms with E-state index in [9.17, 15) is 13.6 Å². The summed E-state index contributed by atoms with van der Waals surface area (Å²) >= 11 is 4.64. The zero-order valence-electron chi connectivity index (χ0n) is 11.4. The minimum Gasteiger partial charge on any atom is -0.493 e. The summed E-state index contributed by atoms with van der Waals surface area (Å²) in [5, 5.41) is -1.76. The van der Waals surface area contributed by atoms with Gasteiger partial charge in [0.15, 0.2) is 11.5 Å². The van der Waals surface area contributed by atoms with Crippen molar-refractivity contribution in [2.75, 3.05) is 14.2 Å². The molecule has 0 spiro atoms. The minimum absolute atomic E-state index is 0.360. The van der Waals surface area contributed by atoms with Crippen LogP contribution in [0, 0.1) is 0 Å². The second-order valence-corrected chi connectivity index (χ2v) is 4.74. The third-order valence-electron chi connectivity index (χ3n) is 2.62. The highest BCUT2D eigenvalue weighted by Crippen LogP contribution is 2.28. The second kappa shape index (κ2) is 6.74. The molecule has 0 aliphatic heterocycles. The lowest BCUT2D eigenvalue weighted by Gasteiger charge is -2.17. The van der Waals surface area contributed by atoms with Crippen molar-refractivity contribution in [2.45, 2.75) is 24.8 Å². The van der Waals surface area contributed by atoms with Gasteiger partial charge in [-0.15, -0.1) is 0 Å². The molecule has 0 radical (unpaired) electrons. The largest absolute Gasteiger partial charge is 0.493 e. The van der Waals surface area contributed by atoms with Crippen LogP contribution in [0.1, 0.15) is 12.5 Å². The number of nitrogens with one attached hydrogen (secondary N) is 1. The van der Waals surface area contributed by atoms with E-state index < -0.39 is 17.3 Å². The summed E-state index contributed by atoms with van der Waals surface area (Å²) in [4.78, 5) is 11.1. The molecule has 0 unspecified atom stereocenters. The number of alkyl halides is 3. The molecule has 1 aromatic rings. The molecule has 0 saturated carbocycles. The molecule has 0 aliphatic carbocycles. The molecule has 20 heavy (non-hydrogen) atoms. The Morgan fingerprint density at radius 1 is 1.35 bits per heavy atom. The van der Waals surface area contributed by atoms with Crippen LogP contribution in [0.15, 0.2) is 18.2 Å². The van der Waals surface area contributed by atoms with Crippen LogP contribution in [0.4, 0.5) is 8.78 Å². The minimum atomic E-state index is -3.90. The topological polar surface area (TPSA) is 47.6 Å². The number of benzene rings is 1. The van der Waals surface area contributed by atoms with Crippen molar-refractivity contribution in [3.05, 3.63) is 23.8 Å². The van der Waals surface area contributed by atoms with Gasteiger partial charge in [-0.3, -0.25) is 4.79 Å². The third-order valence-corrected chi connectivity index (χ3v) is 2.80. The molecule has 0 heterocycles. The lowest BCUT2D eigenvalue weighted by molar-refractivity contribution is -0.136. The van der Waals surface area contributed by atoms with Crippen molar-refractivity contribution >= 4 is 17.5 Å².